The standard InChI is InChI=1S/C7H10ClNO2S2/c1-2-6-5-12-7(9-6)13(10,11)4-3-8/h5H,2-4H2,1H3. The second-order valence-corrected chi connectivity index (χ2v) is 5.99. The zero-order valence-electron chi connectivity index (χ0n) is 7.16. The van der Waals surface area contributed by atoms with Crippen LogP contribution in [0.2, 0.25) is 0 Å². The molecule has 0 aliphatic rings. The highest BCUT2D eigenvalue weighted by Crippen LogP contribution is 2.17. The lowest BCUT2D eigenvalue weighted by atomic mass is 10.4. The van der Waals surface area contributed by atoms with Crippen LogP contribution in [-0.2, 0) is 16.3 Å². The Morgan fingerprint density at radius 3 is 2.77 bits per heavy atom. The van der Waals surface area contributed by atoms with Crippen molar-refractivity contribution in [2.45, 2.75) is 17.7 Å². The van der Waals surface area contributed by atoms with Crippen LogP contribution in [-0.4, -0.2) is 25.0 Å². The zero-order valence-corrected chi connectivity index (χ0v) is 9.55. The van der Waals surface area contributed by atoms with Crippen molar-refractivity contribution >= 4 is 32.8 Å². The van der Waals surface area contributed by atoms with Gasteiger partial charge in [-0.2, -0.15) is 0 Å². The van der Waals surface area contributed by atoms with Gasteiger partial charge in [-0.05, 0) is 6.42 Å². The van der Waals surface area contributed by atoms with Crippen LogP contribution in [0.4, 0.5) is 0 Å². The number of sulfone groups is 1. The highest BCUT2D eigenvalue weighted by Gasteiger charge is 2.17. The molecule has 0 saturated heterocycles. The summed E-state index contributed by atoms with van der Waals surface area (Å²) in [4.78, 5) is 3.99. The van der Waals surface area contributed by atoms with Crippen molar-refractivity contribution in [1.29, 1.82) is 0 Å². The van der Waals surface area contributed by atoms with Gasteiger partial charge in [0.2, 0.25) is 14.2 Å². The molecule has 0 unspecified atom stereocenters. The molecule has 0 N–H and O–H groups in total. The number of halogens is 1. The van der Waals surface area contributed by atoms with E-state index in [1.807, 2.05) is 6.92 Å². The second-order valence-electron chi connectivity index (χ2n) is 2.47. The van der Waals surface area contributed by atoms with Gasteiger partial charge in [-0.3, -0.25) is 0 Å². The molecule has 0 fully saturated rings. The van der Waals surface area contributed by atoms with E-state index in [9.17, 15) is 8.42 Å². The first-order valence-corrected chi connectivity index (χ1v) is 6.90. The smallest absolute Gasteiger partial charge is 0.209 e. The molecular weight excluding hydrogens is 230 g/mol. The zero-order chi connectivity index (χ0) is 9.90. The van der Waals surface area contributed by atoms with Crippen molar-refractivity contribution in [3.63, 3.8) is 0 Å². The SMILES string of the molecule is CCc1csc(S(=O)(=O)CCCl)n1. The molecule has 1 aromatic rings. The summed E-state index contributed by atoms with van der Waals surface area (Å²) in [5, 5.41) is 1.76. The summed E-state index contributed by atoms with van der Waals surface area (Å²) in [5.41, 5.74) is 0.818. The maximum absolute atomic E-state index is 11.4. The molecule has 0 amide bonds. The summed E-state index contributed by atoms with van der Waals surface area (Å²) < 4.78 is 23.0. The Morgan fingerprint density at radius 1 is 1.62 bits per heavy atom. The minimum atomic E-state index is -3.22. The highest BCUT2D eigenvalue weighted by molar-refractivity contribution is 7.93. The first kappa shape index (κ1) is 10.9. The predicted molar refractivity (Wildman–Crippen MR) is 54.3 cm³/mol. The lowest BCUT2D eigenvalue weighted by Gasteiger charge is -1.94. The topological polar surface area (TPSA) is 47.0 Å². The summed E-state index contributed by atoms with van der Waals surface area (Å²) in [6, 6.07) is 0. The van der Waals surface area contributed by atoms with Crippen LogP contribution in [0.5, 0.6) is 0 Å². The van der Waals surface area contributed by atoms with Gasteiger partial charge in [0.05, 0.1) is 11.4 Å². The average Bonchev–Trinajstić information content (AvgIpc) is 2.52. The van der Waals surface area contributed by atoms with Gasteiger partial charge in [0, 0.05) is 11.3 Å². The first-order chi connectivity index (χ1) is 6.10. The van der Waals surface area contributed by atoms with Crippen molar-refractivity contribution in [2.75, 3.05) is 11.6 Å². The number of aromatic nitrogens is 1. The molecule has 0 aromatic carbocycles. The number of hydrogen-bond acceptors (Lipinski definition) is 4. The van der Waals surface area contributed by atoms with E-state index in [0.717, 1.165) is 23.5 Å². The fourth-order valence-corrected chi connectivity index (χ4v) is 3.63. The number of thiazole rings is 1. The monoisotopic (exact) mass is 239 g/mol. The van der Waals surface area contributed by atoms with Gasteiger partial charge in [-0.1, -0.05) is 6.92 Å². The Bertz CT molecular complexity index is 372. The van der Waals surface area contributed by atoms with Crippen molar-refractivity contribution in [1.82, 2.24) is 4.98 Å². The molecule has 13 heavy (non-hydrogen) atoms. The van der Waals surface area contributed by atoms with Crippen LogP contribution >= 0.6 is 22.9 Å². The largest absolute Gasteiger partial charge is 0.230 e. The highest BCUT2D eigenvalue weighted by atomic mass is 35.5. The lowest BCUT2D eigenvalue weighted by molar-refractivity contribution is 0.596. The molecule has 0 bridgehead atoms. The molecule has 1 heterocycles. The normalized spacial score (nSPS) is 11.8. The van der Waals surface area contributed by atoms with Crippen LogP contribution in [0.25, 0.3) is 0 Å². The van der Waals surface area contributed by atoms with Crippen molar-refractivity contribution in [3.05, 3.63) is 11.1 Å². The fourth-order valence-electron chi connectivity index (χ4n) is 0.783. The van der Waals surface area contributed by atoms with Crippen LogP contribution in [0.1, 0.15) is 12.6 Å². The Morgan fingerprint density at radius 2 is 2.31 bits per heavy atom. The van der Waals surface area contributed by atoms with Gasteiger partial charge in [0.1, 0.15) is 0 Å². The molecular formula is C7H10ClNO2S2. The quantitative estimate of drug-likeness (QED) is 0.752. The molecule has 3 nitrogen and oxygen atoms in total. The summed E-state index contributed by atoms with van der Waals surface area (Å²) in [5.74, 6) is 0.0780. The lowest BCUT2D eigenvalue weighted by Crippen LogP contribution is -2.07. The minimum Gasteiger partial charge on any atom is -0.230 e. The van der Waals surface area contributed by atoms with Crippen LogP contribution < -0.4 is 0 Å². The van der Waals surface area contributed by atoms with E-state index in [0.29, 0.717) is 0 Å². The summed E-state index contributed by atoms with van der Waals surface area (Å²) in [7, 11) is -3.22. The van der Waals surface area contributed by atoms with Gasteiger partial charge < -0.3 is 0 Å². The molecule has 0 atom stereocenters. The molecule has 0 aliphatic carbocycles. The predicted octanol–water partition coefficient (Wildman–Crippen LogP) is 1.72. The summed E-state index contributed by atoms with van der Waals surface area (Å²) in [6.45, 7) is 1.94. The fraction of sp³-hybridized carbons (Fsp3) is 0.571. The number of hydrogen-bond donors (Lipinski definition) is 0. The third-order valence-electron chi connectivity index (χ3n) is 1.50. The van der Waals surface area contributed by atoms with Gasteiger partial charge in [0.25, 0.3) is 0 Å². The van der Waals surface area contributed by atoms with Gasteiger partial charge in [-0.15, -0.1) is 22.9 Å². The Labute approximate surface area is 86.7 Å². The van der Waals surface area contributed by atoms with Gasteiger partial charge in [0.15, 0.2) is 0 Å². The molecule has 74 valence electrons. The van der Waals surface area contributed by atoms with Crippen LogP contribution in [0, 0.1) is 0 Å². The minimum absolute atomic E-state index is 0.0365. The molecule has 0 aliphatic heterocycles. The second kappa shape index (κ2) is 4.39. The molecule has 1 rings (SSSR count). The van der Waals surface area contributed by atoms with Crippen LogP contribution in [0.15, 0.2) is 9.72 Å². The van der Waals surface area contributed by atoms with E-state index in [-0.39, 0.29) is 16.0 Å². The third kappa shape index (κ3) is 2.65. The van der Waals surface area contributed by atoms with E-state index in [2.05, 4.69) is 4.98 Å². The van der Waals surface area contributed by atoms with E-state index >= 15 is 0 Å². The summed E-state index contributed by atoms with van der Waals surface area (Å²) >= 11 is 6.54. The maximum atomic E-state index is 11.4. The van der Waals surface area contributed by atoms with E-state index in [1.165, 1.54) is 0 Å². The van der Waals surface area contributed by atoms with Crippen LogP contribution in [0.3, 0.4) is 0 Å². The van der Waals surface area contributed by atoms with Gasteiger partial charge in [-0.25, -0.2) is 13.4 Å². The van der Waals surface area contributed by atoms with Crippen molar-refractivity contribution < 1.29 is 8.42 Å². The van der Waals surface area contributed by atoms with E-state index < -0.39 is 9.84 Å². The Kier molecular flexibility index (Phi) is 3.70. The summed E-state index contributed by atoms with van der Waals surface area (Å²) in [6.07, 6.45) is 0.757. The Balaban J connectivity index is 2.94. The van der Waals surface area contributed by atoms with Crippen molar-refractivity contribution in [3.8, 4) is 0 Å². The molecule has 0 radical (unpaired) electrons. The van der Waals surface area contributed by atoms with Gasteiger partial charge >= 0.3 is 0 Å². The molecule has 0 spiro atoms. The number of nitrogens with zero attached hydrogens (tertiary/aromatic N) is 1. The Hall–Kier alpha value is -0.130. The van der Waals surface area contributed by atoms with Crippen molar-refractivity contribution in [2.24, 2.45) is 0 Å². The number of aryl methyl sites for hydroxylation is 1. The molecule has 0 saturated carbocycles. The number of alkyl halides is 1. The molecule has 6 heteroatoms. The van der Waals surface area contributed by atoms with E-state index in [4.69, 9.17) is 11.6 Å². The first-order valence-electron chi connectivity index (χ1n) is 3.83. The van der Waals surface area contributed by atoms with E-state index in [1.54, 1.807) is 5.38 Å². The third-order valence-corrected chi connectivity index (χ3v) is 5.02. The maximum Gasteiger partial charge on any atom is 0.209 e. The average molecular weight is 240 g/mol. The number of rotatable bonds is 4. The molecule has 1 aromatic heterocycles.